The van der Waals surface area contributed by atoms with E-state index in [0.717, 1.165) is 27.6 Å². The molecule has 1 aliphatic rings. The summed E-state index contributed by atoms with van der Waals surface area (Å²) in [6, 6.07) is 13.8. The predicted molar refractivity (Wildman–Crippen MR) is 102 cm³/mol. The van der Waals surface area contributed by atoms with Gasteiger partial charge in [-0.1, -0.05) is 35.9 Å². The van der Waals surface area contributed by atoms with Gasteiger partial charge in [0.15, 0.2) is 6.61 Å². The van der Waals surface area contributed by atoms with Crippen molar-refractivity contribution in [2.45, 2.75) is 26.9 Å². The van der Waals surface area contributed by atoms with Crippen molar-refractivity contribution in [3.05, 3.63) is 69.7 Å². The zero-order chi connectivity index (χ0) is 18.3. The first-order valence-electron chi connectivity index (χ1n) is 8.56. The highest BCUT2D eigenvalue weighted by atomic mass is 35.5. The number of carbonyl (C=O) groups is 1. The van der Waals surface area contributed by atoms with Gasteiger partial charge < -0.3 is 9.64 Å². The third kappa shape index (κ3) is 3.13. The van der Waals surface area contributed by atoms with Crippen LogP contribution in [0.3, 0.4) is 0 Å². The van der Waals surface area contributed by atoms with Gasteiger partial charge in [-0.2, -0.15) is 0 Å². The fraction of sp³-hybridized carbons (Fsp3) is 0.238. The number of amides is 1. The number of nitrogens with zero attached hydrogens (tertiary/aromatic N) is 2. The van der Waals surface area contributed by atoms with Crippen LogP contribution in [-0.2, 0) is 17.9 Å². The number of rotatable bonds is 2. The maximum atomic E-state index is 12.5. The van der Waals surface area contributed by atoms with E-state index in [1.807, 2.05) is 31.2 Å². The van der Waals surface area contributed by atoms with Crippen LogP contribution in [0.4, 0.5) is 0 Å². The Balaban J connectivity index is 1.71. The molecule has 4 rings (SSSR count). The maximum absolute atomic E-state index is 12.5. The van der Waals surface area contributed by atoms with Gasteiger partial charge in [0, 0.05) is 22.5 Å². The van der Waals surface area contributed by atoms with Crippen LogP contribution in [0.1, 0.15) is 22.3 Å². The number of fused-ring (bicyclic) bond motifs is 2. The molecule has 0 saturated heterocycles. The minimum Gasteiger partial charge on any atom is -0.467 e. The van der Waals surface area contributed by atoms with Crippen LogP contribution in [0.15, 0.2) is 42.5 Å². The molecule has 132 valence electrons. The lowest BCUT2D eigenvalue weighted by molar-refractivity contribution is -0.133. The topological polar surface area (TPSA) is 42.4 Å². The number of hydrogen-bond acceptors (Lipinski definition) is 3. The summed E-state index contributed by atoms with van der Waals surface area (Å²) in [6.45, 7) is 5.11. The smallest absolute Gasteiger partial charge is 0.261 e. The molecule has 2 heterocycles. The summed E-state index contributed by atoms with van der Waals surface area (Å²) in [5, 5.41) is 1.79. The lowest BCUT2D eigenvalue weighted by Gasteiger charge is -2.20. The Hall–Kier alpha value is -2.59. The molecule has 0 atom stereocenters. The summed E-state index contributed by atoms with van der Waals surface area (Å²) in [5.41, 5.74) is 5.17. The van der Waals surface area contributed by atoms with E-state index in [4.69, 9.17) is 21.3 Å². The summed E-state index contributed by atoms with van der Waals surface area (Å²) >= 11 is 5.95. The molecule has 4 nitrogen and oxygen atoms in total. The molecule has 2 aromatic carbocycles. The molecule has 1 aliphatic heterocycles. The highest BCUT2D eigenvalue weighted by Gasteiger charge is 2.23. The largest absolute Gasteiger partial charge is 0.467 e. The highest BCUT2D eigenvalue weighted by Crippen LogP contribution is 2.29. The molecule has 26 heavy (non-hydrogen) atoms. The van der Waals surface area contributed by atoms with Crippen molar-refractivity contribution >= 4 is 28.4 Å². The average Bonchev–Trinajstić information content (AvgIpc) is 2.78. The molecule has 0 radical (unpaired) electrons. The van der Waals surface area contributed by atoms with Crippen molar-refractivity contribution in [3.63, 3.8) is 0 Å². The van der Waals surface area contributed by atoms with Crippen LogP contribution in [-0.4, -0.2) is 22.4 Å². The molecule has 0 spiro atoms. The first-order valence-corrected chi connectivity index (χ1v) is 8.94. The fourth-order valence-corrected chi connectivity index (χ4v) is 3.39. The van der Waals surface area contributed by atoms with Gasteiger partial charge in [0.25, 0.3) is 5.91 Å². The molecule has 0 N–H and O–H groups in total. The lowest BCUT2D eigenvalue weighted by Crippen LogP contribution is -2.31. The Morgan fingerprint density at radius 1 is 1.12 bits per heavy atom. The van der Waals surface area contributed by atoms with E-state index in [1.54, 1.807) is 4.90 Å². The van der Waals surface area contributed by atoms with Crippen LogP contribution in [0.25, 0.3) is 10.9 Å². The average molecular weight is 367 g/mol. The van der Waals surface area contributed by atoms with E-state index in [9.17, 15) is 4.79 Å². The van der Waals surface area contributed by atoms with Gasteiger partial charge in [0.1, 0.15) is 0 Å². The number of aryl methyl sites for hydroxylation is 2. The van der Waals surface area contributed by atoms with Crippen LogP contribution in [0.2, 0.25) is 5.02 Å². The highest BCUT2D eigenvalue weighted by molar-refractivity contribution is 6.30. The summed E-state index contributed by atoms with van der Waals surface area (Å²) < 4.78 is 5.73. The number of ether oxygens (including phenoxy) is 1. The second-order valence-corrected chi connectivity index (χ2v) is 7.15. The molecule has 0 fully saturated rings. The molecule has 0 aliphatic carbocycles. The van der Waals surface area contributed by atoms with E-state index >= 15 is 0 Å². The van der Waals surface area contributed by atoms with Crippen molar-refractivity contribution in [3.8, 4) is 5.88 Å². The van der Waals surface area contributed by atoms with Crippen molar-refractivity contribution in [2.75, 3.05) is 6.61 Å². The van der Waals surface area contributed by atoms with Gasteiger partial charge in [-0.05, 0) is 48.7 Å². The van der Waals surface area contributed by atoms with Crippen molar-refractivity contribution in [1.82, 2.24) is 9.88 Å². The molecule has 1 aromatic heterocycles. The van der Waals surface area contributed by atoms with Gasteiger partial charge in [0.2, 0.25) is 5.88 Å². The Morgan fingerprint density at radius 2 is 1.85 bits per heavy atom. The van der Waals surface area contributed by atoms with E-state index < -0.39 is 0 Å². The van der Waals surface area contributed by atoms with Crippen LogP contribution < -0.4 is 4.74 Å². The Bertz CT molecular complexity index is 999. The maximum Gasteiger partial charge on any atom is 0.261 e. The molecule has 0 saturated carbocycles. The molecular formula is C21H19ClN2O2. The third-order valence-corrected chi connectivity index (χ3v) is 5.03. The fourth-order valence-electron chi connectivity index (χ4n) is 3.27. The van der Waals surface area contributed by atoms with E-state index in [-0.39, 0.29) is 12.5 Å². The Labute approximate surface area is 157 Å². The molecular weight excluding hydrogens is 348 g/mol. The predicted octanol–water partition coefficient (Wildman–Crippen LogP) is 4.43. The zero-order valence-corrected chi connectivity index (χ0v) is 15.5. The van der Waals surface area contributed by atoms with Gasteiger partial charge in [-0.25, -0.2) is 4.98 Å². The van der Waals surface area contributed by atoms with E-state index in [2.05, 4.69) is 25.1 Å². The van der Waals surface area contributed by atoms with E-state index in [0.29, 0.717) is 24.0 Å². The Kier molecular flexibility index (Phi) is 4.29. The molecule has 5 heteroatoms. The molecule has 1 amide bonds. The number of hydrogen-bond donors (Lipinski definition) is 0. The minimum atomic E-state index is -0.0459. The van der Waals surface area contributed by atoms with Crippen LogP contribution in [0.5, 0.6) is 5.88 Å². The standard InChI is InChI=1S/C21H19ClN2O2/c1-13-3-4-14(2)20-18(13)9-16-11-24(19(25)12-26-21(16)23-20)10-15-5-7-17(22)8-6-15/h3-9H,10-12H2,1-2H3. The number of halogens is 1. The van der Waals surface area contributed by atoms with Gasteiger partial charge >= 0.3 is 0 Å². The number of aromatic nitrogens is 1. The second kappa shape index (κ2) is 6.61. The normalized spacial score (nSPS) is 14.1. The second-order valence-electron chi connectivity index (χ2n) is 6.71. The van der Waals surface area contributed by atoms with Gasteiger partial charge in [-0.15, -0.1) is 0 Å². The zero-order valence-electron chi connectivity index (χ0n) is 14.8. The molecule has 3 aromatic rings. The minimum absolute atomic E-state index is 0.00393. The van der Waals surface area contributed by atoms with Crippen LogP contribution in [0, 0.1) is 13.8 Å². The number of carbonyl (C=O) groups excluding carboxylic acids is 1. The van der Waals surface area contributed by atoms with Crippen molar-refractivity contribution < 1.29 is 9.53 Å². The SMILES string of the molecule is Cc1ccc(C)c2nc3c(cc12)CN(Cc1ccc(Cl)cc1)C(=O)CO3. The first kappa shape index (κ1) is 16.9. The Morgan fingerprint density at radius 3 is 2.62 bits per heavy atom. The van der Waals surface area contributed by atoms with Crippen molar-refractivity contribution in [2.24, 2.45) is 0 Å². The van der Waals surface area contributed by atoms with Crippen LogP contribution >= 0.6 is 11.6 Å². The summed E-state index contributed by atoms with van der Waals surface area (Å²) in [4.78, 5) is 19.0. The monoisotopic (exact) mass is 366 g/mol. The first-order chi connectivity index (χ1) is 12.5. The summed E-state index contributed by atoms with van der Waals surface area (Å²) in [6.07, 6.45) is 0. The molecule has 0 unspecified atom stereocenters. The lowest BCUT2D eigenvalue weighted by atomic mass is 10.0. The summed E-state index contributed by atoms with van der Waals surface area (Å²) in [5.74, 6) is 0.508. The summed E-state index contributed by atoms with van der Waals surface area (Å²) in [7, 11) is 0. The third-order valence-electron chi connectivity index (χ3n) is 4.78. The van der Waals surface area contributed by atoms with Gasteiger partial charge in [-0.3, -0.25) is 4.79 Å². The molecule has 0 bridgehead atoms. The quantitative estimate of drug-likeness (QED) is 0.674. The van der Waals surface area contributed by atoms with Gasteiger partial charge in [0.05, 0.1) is 12.1 Å². The number of pyridine rings is 1. The number of benzene rings is 2. The van der Waals surface area contributed by atoms with E-state index in [1.165, 1.54) is 5.56 Å². The van der Waals surface area contributed by atoms with Crippen molar-refractivity contribution in [1.29, 1.82) is 0 Å².